The lowest BCUT2D eigenvalue weighted by Gasteiger charge is -2.21. The maximum atomic E-state index is 10.1. The van der Waals surface area contributed by atoms with Crippen molar-refractivity contribution in [3.8, 4) is 11.5 Å². The number of hydrogen-bond acceptors (Lipinski definition) is 4. The minimum absolute atomic E-state index is 0.155. The van der Waals surface area contributed by atoms with Crippen LogP contribution >= 0.6 is 0 Å². The Labute approximate surface area is 108 Å². The lowest BCUT2D eigenvalue weighted by molar-refractivity contribution is 0.181. The summed E-state index contributed by atoms with van der Waals surface area (Å²) in [4.78, 5) is 2.21. The fourth-order valence-corrected chi connectivity index (χ4v) is 2.14. The highest BCUT2D eigenvalue weighted by molar-refractivity contribution is 5.45. The zero-order valence-electron chi connectivity index (χ0n) is 10.8. The molecule has 1 fully saturated rings. The smallest absolute Gasteiger partial charge is 0.162 e. The van der Waals surface area contributed by atoms with Crippen LogP contribution in [0.1, 0.15) is 25.3 Å². The van der Waals surface area contributed by atoms with Gasteiger partial charge in [-0.15, -0.1) is 0 Å². The van der Waals surface area contributed by atoms with Crippen molar-refractivity contribution >= 4 is 0 Å². The van der Waals surface area contributed by atoms with Gasteiger partial charge < -0.3 is 14.9 Å². The Morgan fingerprint density at radius 2 is 2.17 bits per heavy atom. The second-order valence-electron chi connectivity index (χ2n) is 4.62. The van der Waals surface area contributed by atoms with Gasteiger partial charge in [-0.25, -0.2) is 0 Å². The highest BCUT2D eigenvalue weighted by Crippen LogP contribution is 2.33. The largest absolute Gasteiger partial charge is 0.504 e. The summed E-state index contributed by atoms with van der Waals surface area (Å²) < 4.78 is 5.38. The van der Waals surface area contributed by atoms with Gasteiger partial charge in [0.25, 0.3) is 0 Å². The molecule has 1 aliphatic rings. The summed E-state index contributed by atoms with van der Waals surface area (Å²) in [6.07, 6.45) is 2.37. The number of hydrogen-bond donors (Lipinski definition) is 2. The van der Waals surface area contributed by atoms with Crippen molar-refractivity contribution in [1.82, 2.24) is 4.90 Å². The summed E-state index contributed by atoms with van der Waals surface area (Å²) in [6, 6.07) is 6.14. The quantitative estimate of drug-likeness (QED) is 0.775. The molecule has 0 atom stereocenters. The molecular weight excluding hydrogens is 230 g/mol. The van der Waals surface area contributed by atoms with Crippen molar-refractivity contribution in [3.05, 3.63) is 23.8 Å². The first-order valence-electron chi connectivity index (χ1n) is 6.54. The van der Waals surface area contributed by atoms with E-state index >= 15 is 0 Å². The number of phenolic OH excluding ortho intramolecular Hbond substituents is 1. The number of aromatic hydroxyl groups is 1. The monoisotopic (exact) mass is 251 g/mol. The van der Waals surface area contributed by atoms with Gasteiger partial charge in [-0.05, 0) is 25.8 Å². The van der Waals surface area contributed by atoms with E-state index in [1.165, 1.54) is 12.8 Å². The van der Waals surface area contributed by atoms with Crippen LogP contribution in [0.15, 0.2) is 18.2 Å². The molecule has 2 rings (SSSR count). The van der Waals surface area contributed by atoms with Crippen molar-refractivity contribution in [2.75, 3.05) is 19.8 Å². The van der Waals surface area contributed by atoms with Crippen LogP contribution in [-0.4, -0.2) is 40.9 Å². The Hall–Kier alpha value is -1.26. The Morgan fingerprint density at radius 1 is 1.39 bits per heavy atom. The van der Waals surface area contributed by atoms with E-state index < -0.39 is 0 Å². The average Bonchev–Trinajstić information content (AvgIpc) is 3.18. The summed E-state index contributed by atoms with van der Waals surface area (Å²) in [7, 11) is 0. The molecule has 2 N–H and O–H groups in total. The fraction of sp³-hybridized carbons (Fsp3) is 0.571. The van der Waals surface area contributed by atoms with Crippen LogP contribution in [0.2, 0.25) is 0 Å². The molecule has 0 amide bonds. The van der Waals surface area contributed by atoms with E-state index in [9.17, 15) is 5.11 Å². The van der Waals surface area contributed by atoms with Crippen LogP contribution in [0, 0.1) is 0 Å². The normalized spacial score (nSPS) is 15.1. The maximum absolute atomic E-state index is 10.1. The van der Waals surface area contributed by atoms with Crippen LogP contribution < -0.4 is 4.74 Å². The van der Waals surface area contributed by atoms with Crippen molar-refractivity contribution in [3.63, 3.8) is 0 Å². The molecule has 0 aromatic heterocycles. The second kappa shape index (κ2) is 6.07. The molecule has 0 aliphatic heterocycles. The molecule has 0 spiro atoms. The summed E-state index contributed by atoms with van der Waals surface area (Å²) in [5.74, 6) is 0.762. The molecule has 1 aromatic carbocycles. The summed E-state index contributed by atoms with van der Waals surface area (Å²) in [5.41, 5.74) is 0.862. The molecule has 1 saturated carbocycles. The van der Waals surface area contributed by atoms with Crippen LogP contribution in [-0.2, 0) is 6.54 Å². The average molecular weight is 251 g/mol. The van der Waals surface area contributed by atoms with E-state index in [1.54, 1.807) is 6.07 Å². The van der Waals surface area contributed by atoms with E-state index in [0.29, 0.717) is 31.5 Å². The van der Waals surface area contributed by atoms with Gasteiger partial charge in [0, 0.05) is 24.7 Å². The molecule has 0 unspecified atom stereocenters. The molecule has 0 heterocycles. The summed E-state index contributed by atoms with van der Waals surface area (Å²) in [5, 5.41) is 19.2. The number of rotatable bonds is 7. The zero-order valence-corrected chi connectivity index (χ0v) is 10.8. The number of benzene rings is 1. The van der Waals surface area contributed by atoms with Gasteiger partial charge >= 0.3 is 0 Å². The SMILES string of the molecule is CCOc1cccc(CN(CCO)C2CC2)c1O. The van der Waals surface area contributed by atoms with Crippen LogP contribution in [0.3, 0.4) is 0 Å². The third-order valence-electron chi connectivity index (χ3n) is 3.21. The summed E-state index contributed by atoms with van der Waals surface area (Å²) in [6.45, 7) is 3.91. The number of nitrogens with zero attached hydrogens (tertiary/aromatic N) is 1. The van der Waals surface area contributed by atoms with E-state index in [1.807, 2.05) is 19.1 Å². The van der Waals surface area contributed by atoms with Gasteiger partial charge in [-0.1, -0.05) is 12.1 Å². The second-order valence-corrected chi connectivity index (χ2v) is 4.62. The Kier molecular flexibility index (Phi) is 4.44. The lowest BCUT2D eigenvalue weighted by atomic mass is 10.1. The van der Waals surface area contributed by atoms with Gasteiger partial charge in [0.2, 0.25) is 0 Å². The molecule has 1 aromatic rings. The molecule has 18 heavy (non-hydrogen) atoms. The third kappa shape index (κ3) is 3.15. The van der Waals surface area contributed by atoms with Crippen molar-refractivity contribution < 1.29 is 14.9 Å². The van der Waals surface area contributed by atoms with Gasteiger partial charge in [0.05, 0.1) is 13.2 Å². The molecular formula is C14H21NO3. The highest BCUT2D eigenvalue weighted by Gasteiger charge is 2.29. The molecule has 0 saturated heterocycles. The number of para-hydroxylation sites is 1. The zero-order chi connectivity index (χ0) is 13.0. The topological polar surface area (TPSA) is 52.9 Å². The first-order chi connectivity index (χ1) is 8.76. The standard InChI is InChI=1S/C14H21NO3/c1-2-18-13-5-3-4-11(14(13)17)10-15(8-9-16)12-6-7-12/h3-5,12,16-17H,2,6-10H2,1H3. The van der Waals surface area contributed by atoms with Gasteiger partial charge in [-0.2, -0.15) is 0 Å². The minimum Gasteiger partial charge on any atom is -0.504 e. The maximum Gasteiger partial charge on any atom is 0.162 e. The van der Waals surface area contributed by atoms with Crippen LogP contribution in [0.5, 0.6) is 11.5 Å². The van der Waals surface area contributed by atoms with Crippen LogP contribution in [0.25, 0.3) is 0 Å². The lowest BCUT2D eigenvalue weighted by Crippen LogP contribution is -2.28. The van der Waals surface area contributed by atoms with Crippen molar-refractivity contribution in [2.24, 2.45) is 0 Å². The molecule has 4 heteroatoms. The van der Waals surface area contributed by atoms with Gasteiger partial charge in [0.1, 0.15) is 0 Å². The first-order valence-corrected chi connectivity index (χ1v) is 6.54. The Bertz CT molecular complexity index is 391. The molecule has 4 nitrogen and oxygen atoms in total. The Balaban J connectivity index is 2.09. The number of ether oxygens (including phenoxy) is 1. The fourth-order valence-electron chi connectivity index (χ4n) is 2.14. The predicted octanol–water partition coefficient (Wildman–Crippen LogP) is 1.75. The van der Waals surface area contributed by atoms with Crippen molar-refractivity contribution in [1.29, 1.82) is 0 Å². The van der Waals surface area contributed by atoms with E-state index in [2.05, 4.69) is 4.90 Å². The van der Waals surface area contributed by atoms with Crippen molar-refractivity contribution in [2.45, 2.75) is 32.4 Å². The van der Waals surface area contributed by atoms with Gasteiger partial charge in [-0.3, -0.25) is 4.90 Å². The molecule has 0 bridgehead atoms. The van der Waals surface area contributed by atoms with E-state index in [-0.39, 0.29) is 12.4 Å². The highest BCUT2D eigenvalue weighted by atomic mass is 16.5. The number of aliphatic hydroxyl groups is 1. The molecule has 0 radical (unpaired) electrons. The third-order valence-corrected chi connectivity index (χ3v) is 3.21. The minimum atomic E-state index is 0.155. The van der Waals surface area contributed by atoms with Crippen LogP contribution in [0.4, 0.5) is 0 Å². The Morgan fingerprint density at radius 3 is 2.78 bits per heavy atom. The van der Waals surface area contributed by atoms with E-state index in [4.69, 9.17) is 9.84 Å². The summed E-state index contributed by atoms with van der Waals surface area (Å²) >= 11 is 0. The number of phenols is 1. The van der Waals surface area contributed by atoms with Gasteiger partial charge in [0.15, 0.2) is 11.5 Å². The molecule has 1 aliphatic carbocycles. The first kappa shape index (κ1) is 13.2. The predicted molar refractivity (Wildman–Crippen MR) is 69.8 cm³/mol. The molecule has 100 valence electrons. The number of aliphatic hydroxyl groups excluding tert-OH is 1. The van der Waals surface area contributed by atoms with E-state index in [0.717, 1.165) is 5.56 Å².